The molecule has 6 heteroatoms. The van der Waals surface area contributed by atoms with Crippen molar-refractivity contribution in [3.63, 3.8) is 0 Å². The van der Waals surface area contributed by atoms with Crippen LogP contribution in [0.15, 0.2) is 23.1 Å². The summed E-state index contributed by atoms with van der Waals surface area (Å²) in [6, 6.07) is 5.55. The number of hydrogen-bond donors (Lipinski definition) is 2. The summed E-state index contributed by atoms with van der Waals surface area (Å²) in [6.07, 6.45) is 8.56. The lowest BCUT2D eigenvalue weighted by Crippen LogP contribution is -3.00. The fourth-order valence-electron chi connectivity index (χ4n) is 4.75. The van der Waals surface area contributed by atoms with Gasteiger partial charge in [0, 0.05) is 24.7 Å². The lowest BCUT2D eigenvalue weighted by molar-refractivity contribution is -0.786. The van der Waals surface area contributed by atoms with E-state index in [4.69, 9.17) is 0 Å². The molecule has 158 valence electrons. The zero-order chi connectivity index (χ0) is 20.1. The van der Waals surface area contributed by atoms with Crippen LogP contribution < -0.4 is 10.2 Å². The summed E-state index contributed by atoms with van der Waals surface area (Å²) in [5.74, 6) is 1.59. The highest BCUT2D eigenvalue weighted by molar-refractivity contribution is 7.89. The average Bonchev–Trinajstić information content (AvgIpc) is 2.69. The molecule has 2 heterocycles. The predicted octanol–water partition coefficient (Wildman–Crippen LogP) is 2.34. The third kappa shape index (κ3) is 5.35. The van der Waals surface area contributed by atoms with E-state index < -0.39 is 10.0 Å². The quantitative estimate of drug-likeness (QED) is 0.728. The molecule has 0 aromatic heterocycles. The molecule has 2 aliphatic rings. The number of sulfonamides is 1. The SMILES string of the molecule is Cc1ccc(S(=O)(=O)N2CCC(CCCC3CCNCC3)CC2)cc1[NH+](C)C. The highest BCUT2D eigenvalue weighted by atomic mass is 32.2. The van der Waals surface area contributed by atoms with E-state index in [0.29, 0.717) is 23.9 Å². The monoisotopic (exact) mass is 408 g/mol. The van der Waals surface area contributed by atoms with Crippen LogP contribution in [0.1, 0.15) is 50.5 Å². The Kier molecular flexibility index (Phi) is 7.54. The van der Waals surface area contributed by atoms with E-state index in [9.17, 15) is 8.42 Å². The van der Waals surface area contributed by atoms with Gasteiger partial charge < -0.3 is 10.2 Å². The lowest BCUT2D eigenvalue weighted by atomic mass is 9.87. The fraction of sp³-hybridized carbons (Fsp3) is 0.727. The van der Waals surface area contributed by atoms with Gasteiger partial charge in [0.2, 0.25) is 10.0 Å². The molecule has 0 spiro atoms. The Labute approximate surface area is 171 Å². The standard InChI is InChI=1S/C22H37N3O2S/c1-18-7-8-21(17-22(18)24(2)3)28(26,27)25-15-11-20(12-16-25)6-4-5-19-9-13-23-14-10-19/h7-8,17,19-20,23H,4-6,9-16H2,1-3H3/p+1. The number of quaternary nitrogens is 1. The minimum absolute atomic E-state index is 0.443. The normalized spacial score (nSPS) is 20.7. The molecule has 1 aromatic rings. The van der Waals surface area contributed by atoms with Crippen LogP contribution >= 0.6 is 0 Å². The Morgan fingerprint density at radius 2 is 1.64 bits per heavy atom. The minimum atomic E-state index is -3.38. The molecule has 0 unspecified atom stereocenters. The minimum Gasteiger partial charge on any atom is -0.317 e. The number of aryl methyl sites for hydroxylation is 1. The predicted molar refractivity (Wildman–Crippen MR) is 115 cm³/mol. The van der Waals surface area contributed by atoms with Gasteiger partial charge >= 0.3 is 0 Å². The smallest absolute Gasteiger partial charge is 0.243 e. The summed E-state index contributed by atoms with van der Waals surface area (Å²) < 4.78 is 27.9. The Balaban J connectivity index is 1.51. The number of rotatable bonds is 7. The van der Waals surface area contributed by atoms with Crippen LogP contribution in [-0.4, -0.2) is 53.0 Å². The van der Waals surface area contributed by atoms with Gasteiger partial charge in [-0.05, 0) is 63.6 Å². The van der Waals surface area contributed by atoms with Crippen LogP contribution in [-0.2, 0) is 10.0 Å². The molecule has 0 amide bonds. The van der Waals surface area contributed by atoms with Gasteiger partial charge in [-0.2, -0.15) is 4.31 Å². The molecule has 0 saturated carbocycles. The molecule has 2 saturated heterocycles. The van der Waals surface area contributed by atoms with Crippen molar-refractivity contribution in [3.05, 3.63) is 23.8 Å². The summed E-state index contributed by atoms with van der Waals surface area (Å²) >= 11 is 0. The zero-order valence-corrected chi connectivity index (χ0v) is 18.7. The maximum absolute atomic E-state index is 13.1. The van der Waals surface area contributed by atoms with Crippen molar-refractivity contribution in [2.45, 2.75) is 56.8 Å². The van der Waals surface area contributed by atoms with Gasteiger partial charge in [-0.1, -0.05) is 25.3 Å². The van der Waals surface area contributed by atoms with Crippen molar-refractivity contribution in [1.29, 1.82) is 0 Å². The van der Waals surface area contributed by atoms with E-state index in [0.717, 1.165) is 34.9 Å². The van der Waals surface area contributed by atoms with Crippen LogP contribution in [0.5, 0.6) is 0 Å². The lowest BCUT2D eigenvalue weighted by Gasteiger charge is -2.32. The zero-order valence-electron chi connectivity index (χ0n) is 17.8. The number of nitrogens with zero attached hydrogens (tertiary/aromatic N) is 1. The largest absolute Gasteiger partial charge is 0.317 e. The Bertz CT molecular complexity index is 734. The van der Waals surface area contributed by atoms with E-state index >= 15 is 0 Å². The van der Waals surface area contributed by atoms with Gasteiger partial charge in [-0.15, -0.1) is 0 Å². The van der Waals surface area contributed by atoms with E-state index in [-0.39, 0.29) is 0 Å². The van der Waals surface area contributed by atoms with Crippen molar-refractivity contribution >= 4 is 15.7 Å². The van der Waals surface area contributed by atoms with Gasteiger partial charge in [-0.3, -0.25) is 0 Å². The van der Waals surface area contributed by atoms with Crippen LogP contribution in [0.4, 0.5) is 5.69 Å². The van der Waals surface area contributed by atoms with Crippen molar-refractivity contribution < 1.29 is 13.3 Å². The third-order valence-corrected chi connectivity index (χ3v) is 8.54. The first kappa shape index (κ1) is 21.8. The molecule has 3 rings (SSSR count). The summed E-state index contributed by atoms with van der Waals surface area (Å²) in [5.41, 5.74) is 2.18. The van der Waals surface area contributed by atoms with Crippen molar-refractivity contribution in [2.24, 2.45) is 11.8 Å². The average molecular weight is 409 g/mol. The Hall–Kier alpha value is -0.950. The van der Waals surface area contributed by atoms with E-state index in [1.54, 1.807) is 10.4 Å². The molecular formula is C22H38N3O2S+. The second kappa shape index (κ2) is 9.70. The first-order valence-corrected chi connectivity index (χ1v) is 12.4. The van der Waals surface area contributed by atoms with Gasteiger partial charge in [0.15, 0.2) is 0 Å². The summed E-state index contributed by atoms with van der Waals surface area (Å²) in [4.78, 5) is 1.60. The molecule has 2 aliphatic heterocycles. The number of piperidine rings is 2. The van der Waals surface area contributed by atoms with Gasteiger partial charge in [-0.25, -0.2) is 8.42 Å². The number of hydrogen-bond acceptors (Lipinski definition) is 3. The topological polar surface area (TPSA) is 53.9 Å². The molecule has 1 aromatic carbocycles. The Morgan fingerprint density at radius 3 is 2.25 bits per heavy atom. The maximum atomic E-state index is 13.1. The van der Waals surface area contributed by atoms with Gasteiger partial charge in [0.25, 0.3) is 0 Å². The van der Waals surface area contributed by atoms with Crippen molar-refractivity contribution in [1.82, 2.24) is 9.62 Å². The van der Waals surface area contributed by atoms with Gasteiger partial charge in [0.1, 0.15) is 5.69 Å². The maximum Gasteiger partial charge on any atom is 0.243 e. The molecule has 28 heavy (non-hydrogen) atoms. The summed E-state index contributed by atoms with van der Waals surface area (Å²) in [7, 11) is 0.689. The molecule has 5 nitrogen and oxygen atoms in total. The molecule has 0 radical (unpaired) electrons. The molecule has 0 bridgehead atoms. The van der Waals surface area contributed by atoms with E-state index in [2.05, 4.69) is 5.32 Å². The van der Waals surface area contributed by atoms with Crippen molar-refractivity contribution in [3.8, 4) is 0 Å². The van der Waals surface area contributed by atoms with Crippen LogP contribution in [0, 0.1) is 18.8 Å². The number of benzene rings is 1. The second-order valence-electron chi connectivity index (χ2n) is 8.95. The van der Waals surface area contributed by atoms with Crippen molar-refractivity contribution in [2.75, 3.05) is 40.3 Å². The summed E-state index contributed by atoms with van der Waals surface area (Å²) in [5, 5.41) is 3.44. The van der Waals surface area contributed by atoms with Crippen LogP contribution in [0.3, 0.4) is 0 Å². The van der Waals surface area contributed by atoms with E-state index in [1.807, 2.05) is 33.2 Å². The first-order valence-electron chi connectivity index (χ1n) is 11.0. The fourth-order valence-corrected chi connectivity index (χ4v) is 6.25. The molecule has 0 atom stereocenters. The number of nitrogens with one attached hydrogen (secondary N) is 2. The third-order valence-electron chi connectivity index (χ3n) is 6.64. The highest BCUT2D eigenvalue weighted by Crippen LogP contribution is 2.29. The highest BCUT2D eigenvalue weighted by Gasteiger charge is 2.30. The first-order chi connectivity index (χ1) is 13.4. The second-order valence-corrected chi connectivity index (χ2v) is 10.9. The van der Waals surface area contributed by atoms with Crippen LogP contribution in [0.25, 0.3) is 0 Å². The van der Waals surface area contributed by atoms with Crippen LogP contribution in [0.2, 0.25) is 0 Å². The van der Waals surface area contributed by atoms with E-state index in [1.165, 1.54) is 45.2 Å². The molecular weight excluding hydrogens is 370 g/mol. The molecule has 2 fully saturated rings. The summed E-state index contributed by atoms with van der Waals surface area (Å²) in [6.45, 7) is 5.72. The molecule has 2 N–H and O–H groups in total. The van der Waals surface area contributed by atoms with Gasteiger partial charge in [0.05, 0.1) is 19.0 Å². The molecule has 0 aliphatic carbocycles. The Morgan fingerprint density at radius 1 is 1.04 bits per heavy atom.